The normalized spacial score (nSPS) is 18.3. The van der Waals surface area contributed by atoms with Gasteiger partial charge in [0, 0.05) is 17.6 Å². The number of benzene rings is 2. The van der Waals surface area contributed by atoms with Crippen LogP contribution in [0.5, 0.6) is 11.5 Å². The zero-order valence-corrected chi connectivity index (χ0v) is 12.5. The van der Waals surface area contributed by atoms with Crippen LogP contribution in [0.1, 0.15) is 42.1 Å². The lowest BCUT2D eigenvalue weighted by Crippen LogP contribution is -2.23. The van der Waals surface area contributed by atoms with Crippen LogP contribution in [0, 0.1) is 0 Å². The molecule has 21 heavy (non-hydrogen) atoms. The highest BCUT2D eigenvalue weighted by atomic mass is 16.5. The van der Waals surface area contributed by atoms with Crippen molar-refractivity contribution in [2.24, 2.45) is 0 Å². The average Bonchev–Trinajstić information content (AvgIpc) is 2.89. The molecule has 0 amide bonds. The summed E-state index contributed by atoms with van der Waals surface area (Å²) in [6.07, 6.45) is 2.08. The summed E-state index contributed by atoms with van der Waals surface area (Å²) in [5, 5.41) is 13.3. The summed E-state index contributed by atoms with van der Waals surface area (Å²) in [6.45, 7) is 2.16. The van der Waals surface area contributed by atoms with Gasteiger partial charge in [0.25, 0.3) is 0 Å². The first-order chi connectivity index (χ1) is 10.2. The third-order valence-corrected chi connectivity index (χ3v) is 4.26. The molecule has 2 atom stereocenters. The van der Waals surface area contributed by atoms with Crippen LogP contribution in [-0.2, 0) is 6.42 Å². The Kier molecular flexibility index (Phi) is 3.84. The fraction of sp³-hybridized carbons (Fsp3) is 0.333. The molecule has 0 saturated heterocycles. The summed E-state index contributed by atoms with van der Waals surface area (Å²) in [4.78, 5) is 0. The van der Waals surface area contributed by atoms with E-state index in [1.165, 1.54) is 16.7 Å². The average molecular weight is 283 g/mol. The predicted molar refractivity (Wildman–Crippen MR) is 83.7 cm³/mol. The molecule has 0 heterocycles. The first kappa shape index (κ1) is 14.0. The number of fused-ring (bicyclic) bond motifs is 1. The number of phenols is 1. The summed E-state index contributed by atoms with van der Waals surface area (Å²) in [5.41, 5.74) is 3.72. The number of para-hydroxylation sites is 1. The molecule has 0 spiro atoms. The molecule has 110 valence electrons. The second-order valence-electron chi connectivity index (χ2n) is 5.60. The van der Waals surface area contributed by atoms with Crippen LogP contribution in [0.25, 0.3) is 0 Å². The van der Waals surface area contributed by atoms with Gasteiger partial charge in [-0.05, 0) is 49.1 Å². The van der Waals surface area contributed by atoms with Crippen LogP contribution < -0.4 is 10.1 Å². The van der Waals surface area contributed by atoms with Gasteiger partial charge < -0.3 is 15.2 Å². The number of methoxy groups -OCH3 is 1. The quantitative estimate of drug-likeness (QED) is 0.898. The van der Waals surface area contributed by atoms with E-state index in [2.05, 4.69) is 18.3 Å². The maximum atomic E-state index is 9.57. The minimum atomic E-state index is 0.214. The number of hydrogen-bond donors (Lipinski definition) is 2. The van der Waals surface area contributed by atoms with E-state index in [1.807, 2.05) is 30.3 Å². The van der Waals surface area contributed by atoms with Crippen molar-refractivity contribution in [1.82, 2.24) is 5.32 Å². The van der Waals surface area contributed by atoms with Crippen molar-refractivity contribution in [1.29, 1.82) is 0 Å². The van der Waals surface area contributed by atoms with Crippen molar-refractivity contribution < 1.29 is 9.84 Å². The third kappa shape index (κ3) is 2.74. The van der Waals surface area contributed by atoms with Crippen molar-refractivity contribution in [3.63, 3.8) is 0 Å². The van der Waals surface area contributed by atoms with Crippen molar-refractivity contribution in [2.75, 3.05) is 7.11 Å². The standard InChI is InChI=1S/C18H21NO2/c1-12(15-5-3-4-6-18(15)21-2)19-17-10-7-13-11-14(20)8-9-16(13)17/h3-6,8-9,11-12,17,19-20H,7,10H2,1-2H3/t12-,17?/m0/s1. The fourth-order valence-electron chi connectivity index (χ4n) is 3.19. The SMILES string of the molecule is COc1ccccc1[C@H](C)NC1CCc2cc(O)ccc21. The molecule has 0 aliphatic heterocycles. The number of rotatable bonds is 4. The smallest absolute Gasteiger partial charge is 0.123 e. The highest BCUT2D eigenvalue weighted by molar-refractivity contribution is 5.41. The Balaban J connectivity index is 1.79. The lowest BCUT2D eigenvalue weighted by Gasteiger charge is -2.22. The van der Waals surface area contributed by atoms with Gasteiger partial charge in [0.1, 0.15) is 11.5 Å². The molecule has 0 bridgehead atoms. The predicted octanol–water partition coefficient (Wildman–Crippen LogP) is 3.74. The van der Waals surface area contributed by atoms with E-state index in [-0.39, 0.29) is 6.04 Å². The van der Waals surface area contributed by atoms with Crippen LogP contribution in [0.2, 0.25) is 0 Å². The Hall–Kier alpha value is -2.00. The van der Waals surface area contributed by atoms with Gasteiger partial charge in [0.15, 0.2) is 0 Å². The van der Waals surface area contributed by atoms with E-state index in [0.717, 1.165) is 18.6 Å². The van der Waals surface area contributed by atoms with Crippen molar-refractivity contribution in [2.45, 2.75) is 31.8 Å². The van der Waals surface area contributed by atoms with Crippen LogP contribution in [0.15, 0.2) is 42.5 Å². The number of aryl methyl sites for hydroxylation is 1. The molecule has 2 aromatic carbocycles. The van der Waals surface area contributed by atoms with Crippen LogP contribution in [0.4, 0.5) is 0 Å². The second-order valence-corrected chi connectivity index (χ2v) is 5.60. The van der Waals surface area contributed by atoms with Gasteiger partial charge in [0.2, 0.25) is 0 Å². The Morgan fingerprint density at radius 1 is 1.24 bits per heavy atom. The number of aromatic hydroxyl groups is 1. The van der Waals surface area contributed by atoms with Gasteiger partial charge in [-0.25, -0.2) is 0 Å². The molecule has 0 aromatic heterocycles. The van der Waals surface area contributed by atoms with Gasteiger partial charge >= 0.3 is 0 Å². The van der Waals surface area contributed by atoms with E-state index in [1.54, 1.807) is 13.2 Å². The first-order valence-corrected chi connectivity index (χ1v) is 7.40. The Bertz CT molecular complexity index is 639. The number of phenolic OH excluding ortho intramolecular Hbond substituents is 1. The largest absolute Gasteiger partial charge is 0.508 e. The van der Waals surface area contributed by atoms with Crippen LogP contribution in [-0.4, -0.2) is 12.2 Å². The van der Waals surface area contributed by atoms with E-state index in [0.29, 0.717) is 11.8 Å². The first-order valence-electron chi connectivity index (χ1n) is 7.40. The monoisotopic (exact) mass is 283 g/mol. The topological polar surface area (TPSA) is 41.5 Å². The molecule has 1 aliphatic carbocycles. The molecule has 3 nitrogen and oxygen atoms in total. The minimum Gasteiger partial charge on any atom is -0.508 e. The maximum Gasteiger partial charge on any atom is 0.123 e. The minimum absolute atomic E-state index is 0.214. The Labute approximate surface area is 125 Å². The molecule has 3 rings (SSSR count). The van der Waals surface area contributed by atoms with Gasteiger partial charge in [0.05, 0.1) is 7.11 Å². The lowest BCUT2D eigenvalue weighted by atomic mass is 10.0. The summed E-state index contributed by atoms with van der Waals surface area (Å²) < 4.78 is 5.44. The fourth-order valence-corrected chi connectivity index (χ4v) is 3.19. The second kappa shape index (κ2) is 5.78. The van der Waals surface area contributed by atoms with E-state index >= 15 is 0 Å². The lowest BCUT2D eigenvalue weighted by molar-refractivity contribution is 0.393. The molecule has 2 N–H and O–H groups in total. The van der Waals surface area contributed by atoms with E-state index in [9.17, 15) is 5.11 Å². The third-order valence-electron chi connectivity index (χ3n) is 4.26. The van der Waals surface area contributed by atoms with Crippen LogP contribution >= 0.6 is 0 Å². The molecule has 1 aliphatic rings. The zero-order valence-electron chi connectivity index (χ0n) is 12.5. The van der Waals surface area contributed by atoms with E-state index in [4.69, 9.17) is 4.74 Å². The molecule has 0 saturated carbocycles. The van der Waals surface area contributed by atoms with Gasteiger partial charge in [-0.1, -0.05) is 24.3 Å². The Morgan fingerprint density at radius 3 is 2.86 bits per heavy atom. The van der Waals surface area contributed by atoms with Gasteiger partial charge in [-0.2, -0.15) is 0 Å². The maximum absolute atomic E-state index is 9.57. The van der Waals surface area contributed by atoms with Crippen molar-refractivity contribution in [3.8, 4) is 11.5 Å². The molecule has 0 fully saturated rings. The van der Waals surface area contributed by atoms with E-state index < -0.39 is 0 Å². The number of hydrogen-bond acceptors (Lipinski definition) is 3. The zero-order chi connectivity index (χ0) is 14.8. The Morgan fingerprint density at radius 2 is 2.05 bits per heavy atom. The summed E-state index contributed by atoms with van der Waals surface area (Å²) >= 11 is 0. The highest BCUT2D eigenvalue weighted by Crippen LogP contribution is 2.35. The number of nitrogens with one attached hydrogen (secondary N) is 1. The molecular weight excluding hydrogens is 262 g/mol. The van der Waals surface area contributed by atoms with Crippen molar-refractivity contribution in [3.05, 3.63) is 59.2 Å². The molecule has 2 aromatic rings. The molecule has 0 radical (unpaired) electrons. The van der Waals surface area contributed by atoms with Crippen LogP contribution in [0.3, 0.4) is 0 Å². The van der Waals surface area contributed by atoms with Gasteiger partial charge in [-0.15, -0.1) is 0 Å². The summed E-state index contributed by atoms with van der Waals surface area (Å²) in [7, 11) is 1.71. The summed E-state index contributed by atoms with van der Waals surface area (Å²) in [6, 6.07) is 14.4. The molecule has 1 unspecified atom stereocenters. The molecular formula is C18H21NO2. The summed E-state index contributed by atoms with van der Waals surface area (Å²) in [5.74, 6) is 1.27. The highest BCUT2D eigenvalue weighted by Gasteiger charge is 2.24. The van der Waals surface area contributed by atoms with Crippen molar-refractivity contribution >= 4 is 0 Å². The van der Waals surface area contributed by atoms with Gasteiger partial charge in [-0.3, -0.25) is 0 Å². The number of ether oxygens (including phenoxy) is 1. The molecule has 3 heteroatoms.